The molecule has 2 nitrogen and oxygen atoms in total. The molecule has 3 heteroatoms. The molecule has 0 bridgehead atoms. The SMILES string of the molecule is Oc1ccc2cccc3c4cccc5ccnc(c1c23)c54.[Zn]. The Kier molecular flexibility index (Phi) is 2.82. The van der Waals surface area contributed by atoms with Gasteiger partial charge in [-0.2, -0.15) is 0 Å². The van der Waals surface area contributed by atoms with Crippen LogP contribution in [0, 0.1) is 0 Å². The van der Waals surface area contributed by atoms with Crippen molar-refractivity contribution >= 4 is 43.2 Å². The Morgan fingerprint density at radius 3 is 2.14 bits per heavy atom. The second-order valence-corrected chi connectivity index (χ2v) is 5.43. The number of hydrogen-bond donors (Lipinski definition) is 1. The standard InChI is InChI=1S/C19H11NO.Zn/c21-15-8-7-11-3-1-5-13-14-6-2-4-12-9-10-20-19(17(12)14)18(15)16(11)13;/h1-10,21H;. The molecule has 0 fully saturated rings. The molecule has 0 atom stereocenters. The van der Waals surface area contributed by atoms with Gasteiger partial charge in [0.05, 0.1) is 10.9 Å². The zero-order valence-electron chi connectivity index (χ0n) is 11.9. The minimum Gasteiger partial charge on any atom is -0.507 e. The monoisotopic (exact) mass is 333 g/mol. The first kappa shape index (κ1) is 13.4. The fraction of sp³-hybridized carbons (Fsp3) is 0. The largest absolute Gasteiger partial charge is 0.507 e. The van der Waals surface area contributed by atoms with Crippen molar-refractivity contribution in [2.75, 3.05) is 0 Å². The minimum absolute atomic E-state index is 0. The average Bonchev–Trinajstić information content (AvgIpc) is 2.53. The topological polar surface area (TPSA) is 33.1 Å². The first-order valence-corrected chi connectivity index (χ1v) is 6.98. The zero-order chi connectivity index (χ0) is 14.0. The smallest absolute Gasteiger partial charge is 0.125 e. The maximum atomic E-state index is 10.4. The van der Waals surface area contributed by atoms with Gasteiger partial charge in [-0.15, -0.1) is 0 Å². The number of pyridine rings is 1. The van der Waals surface area contributed by atoms with Gasteiger partial charge < -0.3 is 5.11 Å². The van der Waals surface area contributed by atoms with Crippen LogP contribution in [0.1, 0.15) is 0 Å². The number of aromatic hydroxyl groups is 1. The maximum Gasteiger partial charge on any atom is 0.125 e. The summed E-state index contributed by atoms with van der Waals surface area (Å²) in [4.78, 5) is 4.56. The molecular formula is C19H11NOZn. The Bertz CT molecular complexity index is 1140. The van der Waals surface area contributed by atoms with Gasteiger partial charge in [0.2, 0.25) is 0 Å². The predicted molar refractivity (Wildman–Crippen MR) is 87.1 cm³/mol. The van der Waals surface area contributed by atoms with Gasteiger partial charge in [0.1, 0.15) is 5.75 Å². The van der Waals surface area contributed by atoms with E-state index in [0.717, 1.165) is 32.4 Å². The van der Waals surface area contributed by atoms with E-state index in [9.17, 15) is 5.11 Å². The molecule has 0 radical (unpaired) electrons. The van der Waals surface area contributed by atoms with Crippen LogP contribution in [0.4, 0.5) is 0 Å². The fourth-order valence-corrected chi connectivity index (χ4v) is 3.48. The molecular weight excluding hydrogens is 324 g/mol. The number of benzene rings is 4. The van der Waals surface area contributed by atoms with Crippen LogP contribution in [-0.2, 0) is 19.5 Å². The number of phenols is 1. The van der Waals surface area contributed by atoms with E-state index < -0.39 is 0 Å². The van der Waals surface area contributed by atoms with Gasteiger partial charge in [-0.3, -0.25) is 4.98 Å². The van der Waals surface area contributed by atoms with E-state index in [0.29, 0.717) is 5.75 Å². The van der Waals surface area contributed by atoms with Crippen LogP contribution in [0.5, 0.6) is 5.75 Å². The quantitative estimate of drug-likeness (QED) is 0.250. The van der Waals surface area contributed by atoms with Gasteiger partial charge in [0.15, 0.2) is 0 Å². The minimum atomic E-state index is 0. The summed E-state index contributed by atoms with van der Waals surface area (Å²) in [5.41, 5.74) is 0.880. The maximum absolute atomic E-state index is 10.4. The first-order chi connectivity index (χ1) is 10.3. The van der Waals surface area contributed by atoms with E-state index in [2.05, 4.69) is 41.4 Å². The van der Waals surface area contributed by atoms with Crippen LogP contribution < -0.4 is 0 Å². The summed E-state index contributed by atoms with van der Waals surface area (Å²) in [7, 11) is 0. The molecule has 0 amide bonds. The Hall–Kier alpha value is -2.25. The summed E-state index contributed by atoms with van der Waals surface area (Å²) in [6.45, 7) is 0. The molecule has 5 rings (SSSR count). The molecule has 100 valence electrons. The number of rotatable bonds is 0. The van der Waals surface area contributed by atoms with Gasteiger partial charge in [0, 0.05) is 36.4 Å². The molecule has 1 aromatic heterocycles. The molecule has 0 aliphatic rings. The number of fused-ring (bicyclic) bond motifs is 2. The number of aromatic nitrogens is 1. The molecule has 1 N–H and O–H groups in total. The molecule has 0 aliphatic carbocycles. The van der Waals surface area contributed by atoms with E-state index in [1.165, 1.54) is 10.8 Å². The average molecular weight is 335 g/mol. The van der Waals surface area contributed by atoms with Crippen molar-refractivity contribution in [2.24, 2.45) is 0 Å². The predicted octanol–water partition coefficient (Wildman–Crippen LogP) is 4.84. The van der Waals surface area contributed by atoms with Gasteiger partial charge >= 0.3 is 0 Å². The van der Waals surface area contributed by atoms with E-state index in [-0.39, 0.29) is 19.5 Å². The summed E-state index contributed by atoms with van der Waals surface area (Å²) in [5.74, 6) is 0.296. The Labute approximate surface area is 139 Å². The van der Waals surface area contributed by atoms with Gasteiger partial charge in [-0.1, -0.05) is 42.5 Å². The molecule has 5 aromatic rings. The summed E-state index contributed by atoms with van der Waals surface area (Å²) in [5, 5.41) is 18.1. The van der Waals surface area contributed by atoms with Crippen LogP contribution in [0.3, 0.4) is 0 Å². The van der Waals surface area contributed by atoms with Crippen molar-refractivity contribution in [3.05, 3.63) is 60.8 Å². The third-order valence-corrected chi connectivity index (χ3v) is 4.34. The normalized spacial score (nSPS) is 11.5. The number of phenolic OH excluding ortho intramolecular Hbond substituents is 1. The van der Waals surface area contributed by atoms with Gasteiger partial charge in [-0.25, -0.2) is 0 Å². The number of nitrogens with zero attached hydrogens (tertiary/aromatic N) is 1. The van der Waals surface area contributed by atoms with Gasteiger partial charge in [0.25, 0.3) is 0 Å². The molecule has 4 aromatic carbocycles. The summed E-state index contributed by atoms with van der Waals surface area (Å²) in [6, 6.07) is 18.3. The van der Waals surface area contributed by atoms with Crippen LogP contribution in [0.25, 0.3) is 43.2 Å². The summed E-state index contributed by atoms with van der Waals surface area (Å²) < 4.78 is 0. The van der Waals surface area contributed by atoms with Crippen molar-refractivity contribution in [3.63, 3.8) is 0 Å². The first-order valence-electron chi connectivity index (χ1n) is 6.98. The summed E-state index contributed by atoms with van der Waals surface area (Å²) in [6.07, 6.45) is 1.81. The van der Waals surface area contributed by atoms with Crippen LogP contribution in [0.15, 0.2) is 60.8 Å². The molecule has 0 unspecified atom stereocenters. The third-order valence-electron chi connectivity index (χ3n) is 4.34. The van der Waals surface area contributed by atoms with Crippen molar-refractivity contribution in [1.82, 2.24) is 4.98 Å². The summed E-state index contributed by atoms with van der Waals surface area (Å²) >= 11 is 0. The Morgan fingerprint density at radius 2 is 1.36 bits per heavy atom. The molecule has 22 heavy (non-hydrogen) atoms. The molecule has 0 spiro atoms. The molecule has 0 aliphatic heterocycles. The molecule has 0 saturated heterocycles. The van der Waals surface area contributed by atoms with Crippen LogP contribution in [0.2, 0.25) is 0 Å². The van der Waals surface area contributed by atoms with Crippen molar-refractivity contribution in [2.45, 2.75) is 0 Å². The van der Waals surface area contributed by atoms with Crippen molar-refractivity contribution in [1.29, 1.82) is 0 Å². The second-order valence-electron chi connectivity index (χ2n) is 5.43. The third kappa shape index (κ3) is 1.55. The van der Waals surface area contributed by atoms with Crippen LogP contribution in [-0.4, -0.2) is 10.1 Å². The van der Waals surface area contributed by atoms with E-state index >= 15 is 0 Å². The zero-order valence-corrected chi connectivity index (χ0v) is 14.8. The Morgan fingerprint density at radius 1 is 0.682 bits per heavy atom. The van der Waals surface area contributed by atoms with E-state index in [4.69, 9.17) is 0 Å². The Balaban J connectivity index is 0.00000125. The van der Waals surface area contributed by atoms with Crippen molar-refractivity contribution < 1.29 is 24.6 Å². The second kappa shape index (κ2) is 4.62. The molecule has 1 heterocycles. The number of hydrogen-bond acceptors (Lipinski definition) is 2. The van der Waals surface area contributed by atoms with Crippen molar-refractivity contribution in [3.8, 4) is 5.75 Å². The van der Waals surface area contributed by atoms with E-state index in [1.54, 1.807) is 6.07 Å². The molecule has 0 saturated carbocycles. The van der Waals surface area contributed by atoms with Gasteiger partial charge in [-0.05, 0) is 33.7 Å². The van der Waals surface area contributed by atoms with E-state index in [1.807, 2.05) is 18.3 Å². The van der Waals surface area contributed by atoms with Crippen LogP contribution >= 0.6 is 0 Å². The fourth-order valence-electron chi connectivity index (χ4n) is 3.48.